The van der Waals surface area contributed by atoms with E-state index < -0.39 is 17.4 Å². The Kier molecular flexibility index (Phi) is 4.08. The van der Waals surface area contributed by atoms with E-state index in [4.69, 9.17) is 10.2 Å². The van der Waals surface area contributed by atoms with E-state index >= 15 is 0 Å². The van der Waals surface area contributed by atoms with Crippen molar-refractivity contribution in [1.29, 1.82) is 0 Å². The zero-order valence-electron chi connectivity index (χ0n) is 11.6. The molecule has 0 heterocycles. The number of carboxylic acids is 2. The van der Waals surface area contributed by atoms with Crippen molar-refractivity contribution < 1.29 is 19.8 Å². The minimum absolute atomic E-state index is 0.0489. The summed E-state index contributed by atoms with van der Waals surface area (Å²) in [4.78, 5) is 22.3. The van der Waals surface area contributed by atoms with Crippen LogP contribution in [0.25, 0.3) is 11.1 Å². The maximum atomic E-state index is 11.2. The SMILES string of the molecule is CC(Cc1ccc(-c2ccccc2)cc1)(C(=O)O)C(=O)O. The summed E-state index contributed by atoms with van der Waals surface area (Å²) >= 11 is 0. The van der Waals surface area contributed by atoms with Crippen LogP contribution in [0.3, 0.4) is 0 Å². The van der Waals surface area contributed by atoms with Crippen LogP contribution in [0.1, 0.15) is 12.5 Å². The van der Waals surface area contributed by atoms with Gasteiger partial charge in [0, 0.05) is 0 Å². The van der Waals surface area contributed by atoms with Crippen molar-refractivity contribution in [3.8, 4) is 11.1 Å². The molecule has 0 aromatic heterocycles. The first kappa shape index (κ1) is 14.8. The minimum atomic E-state index is -1.81. The van der Waals surface area contributed by atoms with Crippen molar-refractivity contribution in [3.05, 3.63) is 60.2 Å². The van der Waals surface area contributed by atoms with E-state index in [9.17, 15) is 9.59 Å². The number of carboxylic acid groups (broad SMARTS) is 2. The zero-order chi connectivity index (χ0) is 15.5. The topological polar surface area (TPSA) is 74.6 Å². The summed E-state index contributed by atoms with van der Waals surface area (Å²) in [6.45, 7) is 1.22. The first-order valence-electron chi connectivity index (χ1n) is 6.54. The van der Waals surface area contributed by atoms with Gasteiger partial charge in [-0.25, -0.2) is 0 Å². The Morgan fingerprint density at radius 2 is 1.33 bits per heavy atom. The molecule has 0 fully saturated rings. The molecular formula is C17H16O4. The summed E-state index contributed by atoms with van der Waals surface area (Å²) in [5.41, 5.74) is 0.936. The average molecular weight is 284 g/mol. The number of hydrogen-bond donors (Lipinski definition) is 2. The lowest BCUT2D eigenvalue weighted by Crippen LogP contribution is -2.38. The van der Waals surface area contributed by atoms with Crippen LogP contribution in [-0.4, -0.2) is 22.2 Å². The predicted octanol–water partition coefficient (Wildman–Crippen LogP) is 3.07. The molecule has 0 spiro atoms. The van der Waals surface area contributed by atoms with Gasteiger partial charge in [0.05, 0.1) is 0 Å². The molecule has 0 saturated carbocycles. The van der Waals surface area contributed by atoms with E-state index in [-0.39, 0.29) is 6.42 Å². The second-order valence-electron chi connectivity index (χ2n) is 5.18. The van der Waals surface area contributed by atoms with Crippen LogP contribution >= 0.6 is 0 Å². The van der Waals surface area contributed by atoms with E-state index in [2.05, 4.69) is 0 Å². The van der Waals surface area contributed by atoms with Crippen LogP contribution in [0, 0.1) is 5.41 Å². The van der Waals surface area contributed by atoms with E-state index in [1.165, 1.54) is 6.92 Å². The third-order valence-corrected chi connectivity index (χ3v) is 3.56. The molecule has 2 aromatic carbocycles. The number of aliphatic carboxylic acids is 2. The molecule has 21 heavy (non-hydrogen) atoms. The summed E-state index contributed by atoms with van der Waals surface area (Å²) in [7, 11) is 0. The fraction of sp³-hybridized carbons (Fsp3) is 0.176. The molecule has 0 aliphatic heterocycles. The highest BCUT2D eigenvalue weighted by atomic mass is 16.4. The average Bonchev–Trinajstić information content (AvgIpc) is 2.48. The van der Waals surface area contributed by atoms with Crippen molar-refractivity contribution >= 4 is 11.9 Å². The van der Waals surface area contributed by atoms with Crippen molar-refractivity contribution in [2.24, 2.45) is 5.41 Å². The Morgan fingerprint density at radius 3 is 1.81 bits per heavy atom. The largest absolute Gasteiger partial charge is 0.480 e. The number of benzene rings is 2. The van der Waals surface area contributed by atoms with Crippen LogP contribution in [-0.2, 0) is 16.0 Å². The van der Waals surface area contributed by atoms with Gasteiger partial charge in [0.25, 0.3) is 0 Å². The fourth-order valence-corrected chi connectivity index (χ4v) is 2.10. The van der Waals surface area contributed by atoms with Gasteiger partial charge >= 0.3 is 11.9 Å². The molecule has 2 N–H and O–H groups in total. The van der Waals surface area contributed by atoms with Gasteiger partial charge in [0.15, 0.2) is 5.41 Å². The van der Waals surface area contributed by atoms with Gasteiger partial charge in [-0.1, -0.05) is 54.6 Å². The van der Waals surface area contributed by atoms with Gasteiger partial charge in [-0.2, -0.15) is 0 Å². The quantitative estimate of drug-likeness (QED) is 0.827. The highest BCUT2D eigenvalue weighted by Crippen LogP contribution is 2.26. The van der Waals surface area contributed by atoms with Crippen molar-refractivity contribution in [1.82, 2.24) is 0 Å². The molecule has 0 atom stereocenters. The molecule has 0 aliphatic carbocycles. The van der Waals surface area contributed by atoms with E-state index in [0.717, 1.165) is 11.1 Å². The lowest BCUT2D eigenvalue weighted by Gasteiger charge is -2.19. The predicted molar refractivity (Wildman–Crippen MR) is 79.0 cm³/mol. The molecule has 4 nitrogen and oxygen atoms in total. The number of carbonyl (C=O) groups is 2. The van der Waals surface area contributed by atoms with Crippen LogP contribution in [0.4, 0.5) is 0 Å². The zero-order valence-corrected chi connectivity index (χ0v) is 11.6. The summed E-state index contributed by atoms with van der Waals surface area (Å²) in [6.07, 6.45) is -0.0489. The van der Waals surface area contributed by atoms with Gasteiger partial charge in [-0.3, -0.25) is 9.59 Å². The van der Waals surface area contributed by atoms with Crippen molar-refractivity contribution in [2.75, 3.05) is 0 Å². The lowest BCUT2D eigenvalue weighted by atomic mass is 9.83. The van der Waals surface area contributed by atoms with Crippen molar-refractivity contribution in [2.45, 2.75) is 13.3 Å². The van der Waals surface area contributed by atoms with Crippen LogP contribution < -0.4 is 0 Å². The van der Waals surface area contributed by atoms with Gasteiger partial charge in [-0.05, 0) is 30.0 Å². The summed E-state index contributed by atoms with van der Waals surface area (Å²) in [6, 6.07) is 17.1. The normalized spacial score (nSPS) is 11.1. The number of hydrogen-bond acceptors (Lipinski definition) is 2. The maximum Gasteiger partial charge on any atom is 0.321 e. The van der Waals surface area contributed by atoms with E-state index in [0.29, 0.717) is 5.56 Å². The molecule has 0 radical (unpaired) electrons. The second kappa shape index (κ2) is 5.79. The highest BCUT2D eigenvalue weighted by molar-refractivity contribution is 5.98. The Balaban J connectivity index is 2.24. The van der Waals surface area contributed by atoms with Gasteiger partial charge < -0.3 is 10.2 Å². The Morgan fingerprint density at radius 1 is 0.857 bits per heavy atom. The Bertz CT molecular complexity index is 630. The summed E-state index contributed by atoms with van der Waals surface area (Å²) < 4.78 is 0. The molecule has 0 unspecified atom stereocenters. The van der Waals surface area contributed by atoms with Crippen LogP contribution in [0.5, 0.6) is 0 Å². The molecule has 0 aliphatic rings. The molecule has 4 heteroatoms. The summed E-state index contributed by atoms with van der Waals surface area (Å²) in [5, 5.41) is 18.2. The van der Waals surface area contributed by atoms with Gasteiger partial charge in [0.2, 0.25) is 0 Å². The summed E-state index contributed by atoms with van der Waals surface area (Å²) in [5.74, 6) is -2.66. The standard InChI is InChI=1S/C17H16O4/c1-17(15(18)19,16(20)21)11-12-7-9-14(10-8-12)13-5-3-2-4-6-13/h2-10H,11H2,1H3,(H,18,19)(H,20,21). The highest BCUT2D eigenvalue weighted by Gasteiger charge is 2.41. The molecule has 0 saturated heterocycles. The molecule has 0 amide bonds. The van der Waals surface area contributed by atoms with E-state index in [1.807, 2.05) is 42.5 Å². The molecule has 2 rings (SSSR count). The van der Waals surface area contributed by atoms with Gasteiger partial charge in [-0.15, -0.1) is 0 Å². The maximum absolute atomic E-state index is 11.2. The minimum Gasteiger partial charge on any atom is -0.480 e. The number of rotatable bonds is 5. The fourth-order valence-electron chi connectivity index (χ4n) is 2.10. The molecule has 108 valence electrons. The lowest BCUT2D eigenvalue weighted by molar-refractivity contribution is -0.163. The smallest absolute Gasteiger partial charge is 0.321 e. The van der Waals surface area contributed by atoms with Crippen LogP contribution in [0.2, 0.25) is 0 Å². The third kappa shape index (κ3) is 3.11. The Hall–Kier alpha value is -2.62. The van der Waals surface area contributed by atoms with Gasteiger partial charge in [0.1, 0.15) is 0 Å². The Labute approximate surface area is 122 Å². The van der Waals surface area contributed by atoms with E-state index in [1.54, 1.807) is 12.1 Å². The molecule has 2 aromatic rings. The second-order valence-corrected chi connectivity index (χ2v) is 5.18. The third-order valence-electron chi connectivity index (χ3n) is 3.56. The monoisotopic (exact) mass is 284 g/mol. The first-order chi connectivity index (χ1) is 9.93. The molecule has 0 bridgehead atoms. The molecular weight excluding hydrogens is 268 g/mol. The van der Waals surface area contributed by atoms with Crippen LogP contribution in [0.15, 0.2) is 54.6 Å². The first-order valence-corrected chi connectivity index (χ1v) is 6.54. The van der Waals surface area contributed by atoms with Crippen molar-refractivity contribution in [3.63, 3.8) is 0 Å².